The highest BCUT2D eigenvalue weighted by atomic mass is 79.9. The third-order valence-corrected chi connectivity index (χ3v) is 3.62. The van der Waals surface area contributed by atoms with Gasteiger partial charge in [0.1, 0.15) is 0 Å². The number of nitrogens with two attached hydrogens (primary N) is 1. The molecule has 0 spiro atoms. The summed E-state index contributed by atoms with van der Waals surface area (Å²) in [6, 6.07) is 4.42. The topological polar surface area (TPSA) is 38.9 Å². The van der Waals surface area contributed by atoms with E-state index < -0.39 is 0 Å². The second kappa shape index (κ2) is 4.41. The average Bonchev–Trinajstić information content (AvgIpc) is 2.56. The van der Waals surface area contributed by atoms with E-state index >= 15 is 0 Å². The summed E-state index contributed by atoms with van der Waals surface area (Å²) in [6.07, 6.45) is 6.51. The second-order valence-corrected chi connectivity index (χ2v) is 4.93. The summed E-state index contributed by atoms with van der Waals surface area (Å²) in [5.41, 5.74) is 7.06. The molecule has 14 heavy (non-hydrogen) atoms. The Kier molecular flexibility index (Phi) is 3.19. The first kappa shape index (κ1) is 10.1. The lowest BCUT2D eigenvalue weighted by Gasteiger charge is -2.09. The summed E-state index contributed by atoms with van der Waals surface area (Å²) in [5.74, 6) is 0.733. The predicted molar refractivity (Wildman–Crippen MR) is 61.0 cm³/mol. The van der Waals surface area contributed by atoms with Crippen molar-refractivity contribution in [3.63, 3.8) is 0 Å². The molecule has 1 saturated carbocycles. The van der Waals surface area contributed by atoms with Crippen LogP contribution in [0.4, 0.5) is 0 Å². The second-order valence-electron chi connectivity index (χ2n) is 4.08. The van der Waals surface area contributed by atoms with Crippen LogP contribution in [-0.4, -0.2) is 11.0 Å². The number of pyridine rings is 1. The minimum absolute atomic E-state index is 0.419. The van der Waals surface area contributed by atoms with Gasteiger partial charge in [-0.3, -0.25) is 4.98 Å². The molecule has 0 aliphatic heterocycles. The third-order valence-electron chi connectivity index (χ3n) is 2.90. The average molecular weight is 255 g/mol. The zero-order valence-corrected chi connectivity index (χ0v) is 9.70. The molecule has 1 heterocycles. The number of nitrogens with zero attached hydrogens (tertiary/aromatic N) is 1. The maximum atomic E-state index is 5.88. The van der Waals surface area contributed by atoms with E-state index in [0.29, 0.717) is 6.04 Å². The van der Waals surface area contributed by atoms with Crippen molar-refractivity contribution in [1.29, 1.82) is 0 Å². The van der Waals surface area contributed by atoms with Gasteiger partial charge in [-0.05, 0) is 59.7 Å². The Bertz CT molecular complexity index is 314. The monoisotopic (exact) mass is 254 g/mol. The van der Waals surface area contributed by atoms with E-state index in [-0.39, 0.29) is 0 Å². The largest absolute Gasteiger partial charge is 0.328 e. The van der Waals surface area contributed by atoms with Crippen molar-refractivity contribution < 1.29 is 0 Å². The molecule has 0 amide bonds. The molecule has 76 valence electrons. The molecule has 1 aliphatic rings. The highest BCUT2D eigenvalue weighted by molar-refractivity contribution is 9.10. The van der Waals surface area contributed by atoms with Crippen LogP contribution < -0.4 is 5.73 Å². The first-order valence-electron chi connectivity index (χ1n) is 5.10. The fraction of sp³-hybridized carbons (Fsp3) is 0.545. The van der Waals surface area contributed by atoms with Gasteiger partial charge in [0.15, 0.2) is 0 Å². The molecule has 1 aromatic heterocycles. The van der Waals surface area contributed by atoms with Gasteiger partial charge in [-0.1, -0.05) is 0 Å². The predicted octanol–water partition coefficient (Wildman–Crippen LogP) is 2.51. The van der Waals surface area contributed by atoms with Crippen molar-refractivity contribution >= 4 is 15.9 Å². The Morgan fingerprint density at radius 2 is 2.36 bits per heavy atom. The zero-order chi connectivity index (χ0) is 9.97. The Hall–Kier alpha value is -0.410. The lowest BCUT2D eigenvalue weighted by atomic mass is 10.0. The molecule has 1 fully saturated rings. The third kappa shape index (κ3) is 2.34. The molecule has 0 saturated heterocycles. The van der Waals surface area contributed by atoms with Crippen LogP contribution in [0, 0.1) is 5.92 Å². The number of halogens is 1. The minimum atomic E-state index is 0.419. The molecule has 2 unspecified atom stereocenters. The SMILES string of the molecule is NC1CCC(Cc2ncccc2Br)C1. The number of aromatic nitrogens is 1. The van der Waals surface area contributed by atoms with Gasteiger partial charge in [-0.2, -0.15) is 0 Å². The fourth-order valence-corrected chi connectivity index (χ4v) is 2.56. The number of rotatable bonds is 2. The molecule has 2 N–H and O–H groups in total. The molecule has 0 aromatic carbocycles. The normalized spacial score (nSPS) is 26.7. The van der Waals surface area contributed by atoms with Crippen molar-refractivity contribution in [2.75, 3.05) is 0 Å². The van der Waals surface area contributed by atoms with Gasteiger partial charge in [-0.25, -0.2) is 0 Å². The molecule has 2 atom stereocenters. The first-order valence-corrected chi connectivity index (χ1v) is 5.90. The van der Waals surface area contributed by atoms with E-state index in [0.717, 1.165) is 23.2 Å². The Labute approximate surface area is 93.0 Å². The molecule has 1 aliphatic carbocycles. The van der Waals surface area contributed by atoms with Crippen LogP contribution in [0.2, 0.25) is 0 Å². The fourth-order valence-electron chi connectivity index (χ4n) is 2.14. The van der Waals surface area contributed by atoms with Crippen LogP contribution in [0.1, 0.15) is 25.0 Å². The van der Waals surface area contributed by atoms with Crippen LogP contribution in [0.25, 0.3) is 0 Å². The summed E-state index contributed by atoms with van der Waals surface area (Å²) in [5, 5.41) is 0. The number of hydrogen-bond acceptors (Lipinski definition) is 2. The van der Waals surface area contributed by atoms with Gasteiger partial charge in [0, 0.05) is 16.7 Å². The van der Waals surface area contributed by atoms with E-state index in [1.165, 1.54) is 18.5 Å². The van der Waals surface area contributed by atoms with Crippen LogP contribution in [0.3, 0.4) is 0 Å². The van der Waals surface area contributed by atoms with Crippen molar-refractivity contribution in [3.8, 4) is 0 Å². The van der Waals surface area contributed by atoms with Gasteiger partial charge in [0.05, 0.1) is 5.69 Å². The standard InChI is InChI=1S/C11H15BrN2/c12-10-2-1-5-14-11(10)7-8-3-4-9(13)6-8/h1-2,5,8-9H,3-4,6-7,13H2. The highest BCUT2D eigenvalue weighted by Crippen LogP contribution is 2.28. The Balaban J connectivity index is 2.01. The molecule has 1 aromatic rings. The smallest absolute Gasteiger partial charge is 0.0548 e. The van der Waals surface area contributed by atoms with E-state index in [9.17, 15) is 0 Å². The zero-order valence-electron chi connectivity index (χ0n) is 8.12. The van der Waals surface area contributed by atoms with Crippen LogP contribution in [0.5, 0.6) is 0 Å². The molecular formula is C11H15BrN2. The van der Waals surface area contributed by atoms with E-state index in [4.69, 9.17) is 5.73 Å². The van der Waals surface area contributed by atoms with Crippen molar-refractivity contribution in [3.05, 3.63) is 28.5 Å². The molecule has 3 heteroatoms. The Morgan fingerprint density at radius 3 is 3.00 bits per heavy atom. The lowest BCUT2D eigenvalue weighted by molar-refractivity contribution is 0.527. The maximum absolute atomic E-state index is 5.88. The molecule has 2 nitrogen and oxygen atoms in total. The van der Waals surface area contributed by atoms with Gasteiger partial charge in [0.2, 0.25) is 0 Å². The van der Waals surface area contributed by atoms with Crippen molar-refractivity contribution in [2.45, 2.75) is 31.7 Å². The lowest BCUT2D eigenvalue weighted by Crippen LogP contribution is -2.15. The summed E-state index contributed by atoms with van der Waals surface area (Å²) in [7, 11) is 0. The van der Waals surface area contributed by atoms with Crippen LogP contribution in [-0.2, 0) is 6.42 Å². The van der Waals surface area contributed by atoms with E-state index in [1.54, 1.807) is 0 Å². The first-order chi connectivity index (χ1) is 6.75. The van der Waals surface area contributed by atoms with E-state index in [1.807, 2.05) is 12.3 Å². The maximum Gasteiger partial charge on any atom is 0.0548 e. The molecule has 0 radical (unpaired) electrons. The van der Waals surface area contributed by atoms with Gasteiger partial charge < -0.3 is 5.73 Å². The number of hydrogen-bond donors (Lipinski definition) is 1. The van der Waals surface area contributed by atoms with Gasteiger partial charge >= 0.3 is 0 Å². The molecule has 0 bridgehead atoms. The van der Waals surface area contributed by atoms with Gasteiger partial charge in [-0.15, -0.1) is 0 Å². The molecule has 2 rings (SSSR count). The molecular weight excluding hydrogens is 240 g/mol. The van der Waals surface area contributed by atoms with Gasteiger partial charge in [0.25, 0.3) is 0 Å². The summed E-state index contributed by atoms with van der Waals surface area (Å²) >= 11 is 3.52. The van der Waals surface area contributed by atoms with Crippen molar-refractivity contribution in [1.82, 2.24) is 4.98 Å². The van der Waals surface area contributed by atoms with Crippen molar-refractivity contribution in [2.24, 2.45) is 11.7 Å². The highest BCUT2D eigenvalue weighted by Gasteiger charge is 2.22. The summed E-state index contributed by atoms with van der Waals surface area (Å²) < 4.78 is 1.13. The summed E-state index contributed by atoms with van der Waals surface area (Å²) in [4.78, 5) is 4.38. The summed E-state index contributed by atoms with van der Waals surface area (Å²) in [6.45, 7) is 0. The van der Waals surface area contributed by atoms with Crippen LogP contribution >= 0.6 is 15.9 Å². The quantitative estimate of drug-likeness (QED) is 0.881. The Morgan fingerprint density at radius 1 is 1.50 bits per heavy atom. The minimum Gasteiger partial charge on any atom is -0.328 e. The van der Waals surface area contributed by atoms with E-state index in [2.05, 4.69) is 27.0 Å². The van der Waals surface area contributed by atoms with Crippen LogP contribution in [0.15, 0.2) is 22.8 Å².